The Morgan fingerprint density at radius 2 is 1.04 bits per heavy atom. The first-order valence-corrected chi connectivity index (χ1v) is 13.8. The van der Waals surface area contributed by atoms with Crippen LogP contribution in [0, 0.1) is 10.7 Å². The number of halogens is 1. The van der Waals surface area contributed by atoms with Crippen molar-refractivity contribution >= 4 is 54.0 Å². The third kappa shape index (κ3) is 2.88. The first-order chi connectivity index (χ1) is 11.7. The van der Waals surface area contributed by atoms with E-state index in [4.69, 9.17) is 0 Å². The fourth-order valence-corrected chi connectivity index (χ4v) is 13.5. The van der Waals surface area contributed by atoms with Crippen LogP contribution in [0.25, 0.3) is 0 Å². The molecule has 0 amide bonds. The molecule has 0 atom stereocenters. The summed E-state index contributed by atoms with van der Waals surface area (Å²) in [5.41, 5.74) is 0.765. The number of rotatable bonds is 5. The molecule has 3 aromatic carbocycles. The zero-order chi connectivity index (χ0) is 16.9. The van der Waals surface area contributed by atoms with Crippen LogP contribution >= 0.6 is 38.0 Å². The normalized spacial score (nSPS) is 12.8. The molecule has 0 aliphatic carbocycles. The van der Waals surface area contributed by atoms with Gasteiger partial charge in [-0.15, -0.1) is 0 Å². The summed E-state index contributed by atoms with van der Waals surface area (Å²) in [4.78, 5) is 0. The Kier molecular flexibility index (Phi) is 5.30. The van der Waals surface area contributed by atoms with E-state index in [1.54, 1.807) is 0 Å². The molecule has 3 rings (SSSR count). The summed E-state index contributed by atoms with van der Waals surface area (Å²) in [6, 6.07) is 32.0. The predicted octanol–water partition coefficient (Wildman–Crippen LogP) is 5.04. The van der Waals surface area contributed by atoms with Gasteiger partial charge in [0.05, 0.1) is 0 Å². The van der Waals surface area contributed by atoms with Crippen molar-refractivity contribution in [1.82, 2.24) is 0 Å². The molecule has 0 fully saturated rings. The van der Waals surface area contributed by atoms with Gasteiger partial charge in [-0.25, -0.2) is 0 Å². The van der Waals surface area contributed by atoms with Crippen molar-refractivity contribution in [3.05, 3.63) is 91.0 Å². The fraction of sp³-hybridized carbons (Fsp3) is 0.0500. The molecule has 0 aliphatic rings. The number of nitriles is 1. The zero-order valence-electron chi connectivity index (χ0n) is 13.0. The number of hydrogen-bond acceptors (Lipinski definition) is 2. The van der Waals surface area contributed by atoms with Crippen molar-refractivity contribution in [2.24, 2.45) is 0 Å². The molecule has 3 aromatic rings. The van der Waals surface area contributed by atoms with E-state index in [0.29, 0.717) is 0 Å². The molecule has 0 bridgehead atoms. The van der Waals surface area contributed by atoms with Crippen LogP contribution in [0.3, 0.4) is 0 Å². The van der Waals surface area contributed by atoms with Gasteiger partial charge in [0.25, 0.3) is 0 Å². The van der Waals surface area contributed by atoms with Gasteiger partial charge in [-0.05, 0) is 0 Å². The summed E-state index contributed by atoms with van der Waals surface area (Å²) in [5, 5.41) is 15.5. The summed E-state index contributed by atoms with van der Waals surface area (Å²) in [5.74, 6) is 0. The van der Waals surface area contributed by atoms with Crippen LogP contribution in [0.5, 0.6) is 0 Å². The van der Waals surface area contributed by atoms with Crippen LogP contribution in [0.2, 0.25) is 0 Å². The zero-order valence-corrected chi connectivity index (χ0v) is 16.9. The van der Waals surface area contributed by atoms with E-state index in [9.17, 15) is 5.26 Å². The molecule has 0 saturated heterocycles. The molecule has 0 aliphatic heterocycles. The minimum atomic E-state index is -2.74. The Hall–Kier alpha value is -1.34. The maximum atomic E-state index is 9.32. The molecule has 120 valence electrons. The molecule has 1 nitrogen and oxygen atoms in total. The van der Waals surface area contributed by atoms with Crippen LogP contribution < -0.4 is 15.9 Å². The topological polar surface area (TPSA) is 23.8 Å². The Labute approximate surface area is 160 Å². The van der Waals surface area contributed by atoms with Gasteiger partial charge in [0.15, 0.2) is 0 Å². The number of benzene rings is 3. The Morgan fingerprint density at radius 1 is 0.708 bits per heavy atom. The molecule has 0 saturated carbocycles. The molecule has 0 N–H and O–H groups in total. The molecule has 0 heterocycles. The Morgan fingerprint density at radius 3 is 1.33 bits per heavy atom. The first-order valence-electron chi connectivity index (χ1n) is 7.60. The van der Waals surface area contributed by atoms with Crippen LogP contribution in [-0.2, 0) is 0 Å². The number of hydrogen-bond donors (Lipinski definition) is 0. The molecule has 24 heavy (non-hydrogen) atoms. The third-order valence-corrected chi connectivity index (χ3v) is 18.5. The summed E-state index contributed by atoms with van der Waals surface area (Å²) >= 11 is 4.04. The van der Waals surface area contributed by atoms with E-state index in [-0.39, 0.29) is 0 Å². The van der Waals surface area contributed by atoms with Gasteiger partial charge in [-0.3, -0.25) is 0 Å². The van der Waals surface area contributed by atoms with Gasteiger partial charge in [0, 0.05) is 0 Å². The summed E-state index contributed by atoms with van der Waals surface area (Å²) in [6.45, 7) is 0. The van der Waals surface area contributed by atoms with Crippen molar-refractivity contribution in [2.45, 2.75) is 0 Å². The maximum absolute atomic E-state index is 9.32. The average molecular weight is 461 g/mol. The number of thiocyanates is 1. The van der Waals surface area contributed by atoms with Crippen LogP contribution in [0.15, 0.2) is 91.0 Å². The van der Waals surface area contributed by atoms with Crippen molar-refractivity contribution in [3.8, 4) is 5.40 Å². The van der Waals surface area contributed by atoms with Gasteiger partial charge < -0.3 is 0 Å². The third-order valence-electron chi connectivity index (χ3n) is 4.26. The van der Waals surface area contributed by atoms with Gasteiger partial charge in [0.2, 0.25) is 0 Å². The summed E-state index contributed by atoms with van der Waals surface area (Å²) in [6.07, 6.45) is 0. The molecule has 0 spiro atoms. The van der Waals surface area contributed by atoms with Crippen molar-refractivity contribution in [2.75, 3.05) is 5.49 Å². The van der Waals surface area contributed by atoms with Crippen LogP contribution in [0.4, 0.5) is 0 Å². The van der Waals surface area contributed by atoms with Crippen molar-refractivity contribution < 1.29 is 0 Å². The summed E-state index contributed by atoms with van der Waals surface area (Å²) in [7, 11) is 0. The Bertz CT molecular complexity index is 748. The van der Waals surface area contributed by atoms with Gasteiger partial charge in [-0.1, -0.05) is 0 Å². The second-order valence-corrected chi connectivity index (χ2v) is 17.4. The second kappa shape index (κ2) is 7.27. The average Bonchev–Trinajstić information content (AvgIpc) is 2.68. The van der Waals surface area contributed by atoms with Gasteiger partial charge in [-0.2, -0.15) is 0 Å². The monoisotopic (exact) mass is 461 g/mol. The number of thioether (sulfide) groups is 1. The number of nitrogens with zero attached hydrogens (tertiary/aromatic N) is 1. The predicted molar refractivity (Wildman–Crippen MR) is 117 cm³/mol. The second-order valence-electron chi connectivity index (χ2n) is 5.55. The van der Waals surface area contributed by atoms with Gasteiger partial charge in [0.1, 0.15) is 0 Å². The summed E-state index contributed by atoms with van der Waals surface area (Å²) < 4.78 is -2.74. The molecule has 4 heteroatoms. The standard InChI is InChI=1S/C20H17INPS/c21-23(17-24-16-22,18-10-4-1-5-11-18,19-12-6-2-7-13-19)20-14-8-3-9-15-20/h1-15H,17H2. The Balaban J connectivity index is 2.40. The minimum absolute atomic E-state index is 0.765. The molecular weight excluding hydrogens is 444 g/mol. The van der Waals surface area contributed by atoms with E-state index >= 15 is 0 Å². The fourth-order valence-electron chi connectivity index (χ4n) is 3.04. The van der Waals surface area contributed by atoms with E-state index in [1.807, 2.05) is 0 Å². The molecular formula is C20H17INPS. The van der Waals surface area contributed by atoms with Crippen molar-refractivity contribution in [1.29, 1.82) is 5.26 Å². The van der Waals surface area contributed by atoms with E-state index < -0.39 is 4.25 Å². The molecule has 0 aromatic heterocycles. The van der Waals surface area contributed by atoms with Crippen LogP contribution in [-0.4, -0.2) is 5.49 Å². The van der Waals surface area contributed by atoms with E-state index in [2.05, 4.69) is 118 Å². The first kappa shape index (κ1) is 17.5. The molecule has 0 radical (unpaired) electrons. The SMILES string of the molecule is N#CSCP(I)(c1ccccc1)(c1ccccc1)c1ccccc1. The van der Waals surface area contributed by atoms with Gasteiger partial charge >= 0.3 is 161 Å². The van der Waals surface area contributed by atoms with E-state index in [0.717, 1.165) is 5.49 Å². The quantitative estimate of drug-likeness (QED) is 0.302. The van der Waals surface area contributed by atoms with E-state index in [1.165, 1.54) is 27.7 Å². The van der Waals surface area contributed by atoms with Crippen molar-refractivity contribution in [3.63, 3.8) is 0 Å². The molecule has 0 unspecified atom stereocenters. The van der Waals surface area contributed by atoms with Crippen LogP contribution in [0.1, 0.15) is 0 Å².